The molecule has 5 heteroatoms. The van der Waals surface area contributed by atoms with E-state index >= 15 is 0 Å². The van der Waals surface area contributed by atoms with E-state index in [1.54, 1.807) is 18.0 Å². The summed E-state index contributed by atoms with van der Waals surface area (Å²) in [4.78, 5) is 9.65. The quantitative estimate of drug-likeness (QED) is 0.468. The van der Waals surface area contributed by atoms with Crippen LogP contribution in [0.4, 0.5) is 0 Å². The summed E-state index contributed by atoms with van der Waals surface area (Å²) in [6, 6.07) is 10.2. The molecule has 2 rings (SSSR count). The molecule has 0 fully saturated rings. The summed E-state index contributed by atoms with van der Waals surface area (Å²) in [5, 5.41) is 0.527. The van der Waals surface area contributed by atoms with E-state index in [0.717, 1.165) is 15.1 Å². The third-order valence-electron chi connectivity index (χ3n) is 1.86. The fraction of sp³-hybridized carbons (Fsp3) is 0.0909. The van der Waals surface area contributed by atoms with Gasteiger partial charge < -0.3 is 0 Å². The molecule has 1 heterocycles. The van der Waals surface area contributed by atoms with Gasteiger partial charge in [0, 0.05) is 11.1 Å². The fourth-order valence-corrected chi connectivity index (χ4v) is 2.30. The van der Waals surface area contributed by atoms with Gasteiger partial charge in [0.2, 0.25) is 0 Å². The highest BCUT2D eigenvalue weighted by Gasteiger charge is 2.03. The lowest BCUT2D eigenvalue weighted by molar-refractivity contribution is 1.02. The molecule has 16 heavy (non-hydrogen) atoms. The van der Waals surface area contributed by atoms with Gasteiger partial charge in [-0.2, -0.15) is 0 Å². The Morgan fingerprint density at radius 3 is 2.69 bits per heavy atom. The van der Waals surface area contributed by atoms with E-state index in [-0.39, 0.29) is 0 Å². The maximum absolute atomic E-state index is 5.93. The van der Waals surface area contributed by atoms with Gasteiger partial charge in [0.1, 0.15) is 11.0 Å². The van der Waals surface area contributed by atoms with Crippen LogP contribution in [0.5, 0.6) is 0 Å². The first kappa shape index (κ1) is 12.1. The van der Waals surface area contributed by atoms with Crippen LogP contribution in [-0.4, -0.2) is 9.97 Å². The standard InChI is InChI=1S/C11H8ClIN2S/c12-11-9(13)6-14-10(15-11)7-16-8-4-2-1-3-5-8/h1-6H,7H2. The van der Waals surface area contributed by atoms with Gasteiger partial charge in [-0.05, 0) is 34.7 Å². The van der Waals surface area contributed by atoms with Crippen LogP contribution >= 0.6 is 46.0 Å². The minimum absolute atomic E-state index is 0.527. The van der Waals surface area contributed by atoms with E-state index in [2.05, 4.69) is 44.7 Å². The molecule has 2 aromatic rings. The molecule has 0 N–H and O–H groups in total. The van der Waals surface area contributed by atoms with Crippen LogP contribution in [-0.2, 0) is 5.75 Å². The topological polar surface area (TPSA) is 25.8 Å². The molecule has 0 bridgehead atoms. The molecule has 2 nitrogen and oxygen atoms in total. The summed E-state index contributed by atoms with van der Waals surface area (Å²) >= 11 is 9.75. The molecular weight excluding hydrogens is 355 g/mol. The second-order valence-corrected chi connectivity index (χ2v) is 5.60. The van der Waals surface area contributed by atoms with Crippen molar-refractivity contribution in [2.45, 2.75) is 10.6 Å². The van der Waals surface area contributed by atoms with E-state index in [9.17, 15) is 0 Å². The van der Waals surface area contributed by atoms with Crippen molar-refractivity contribution in [2.75, 3.05) is 0 Å². The summed E-state index contributed by atoms with van der Waals surface area (Å²) in [5.41, 5.74) is 0. The minimum atomic E-state index is 0.527. The molecule has 0 saturated heterocycles. The van der Waals surface area contributed by atoms with Crippen molar-refractivity contribution in [3.8, 4) is 0 Å². The largest absolute Gasteiger partial charge is 0.239 e. The van der Waals surface area contributed by atoms with Crippen LogP contribution < -0.4 is 0 Å². The Balaban J connectivity index is 2.03. The molecule has 0 spiro atoms. The molecule has 0 aliphatic carbocycles. The van der Waals surface area contributed by atoms with E-state index in [1.165, 1.54) is 4.90 Å². The molecule has 1 aromatic carbocycles. The van der Waals surface area contributed by atoms with Crippen molar-refractivity contribution >= 4 is 46.0 Å². The maximum Gasteiger partial charge on any atom is 0.146 e. The molecule has 82 valence electrons. The maximum atomic E-state index is 5.93. The highest BCUT2D eigenvalue weighted by atomic mass is 127. The van der Waals surface area contributed by atoms with Gasteiger partial charge in [-0.3, -0.25) is 0 Å². The van der Waals surface area contributed by atoms with Gasteiger partial charge in [-0.15, -0.1) is 11.8 Å². The average molecular weight is 363 g/mol. The minimum Gasteiger partial charge on any atom is -0.239 e. The second-order valence-electron chi connectivity index (χ2n) is 3.03. The predicted octanol–water partition coefficient (Wildman–Crippen LogP) is 4.03. The SMILES string of the molecule is Clc1nc(CSc2ccccc2)ncc1I. The monoisotopic (exact) mass is 362 g/mol. The van der Waals surface area contributed by atoms with Crippen molar-refractivity contribution in [3.05, 3.63) is 51.1 Å². The van der Waals surface area contributed by atoms with E-state index < -0.39 is 0 Å². The van der Waals surface area contributed by atoms with Crippen LogP contribution in [0.1, 0.15) is 5.82 Å². The summed E-state index contributed by atoms with van der Waals surface area (Å²) < 4.78 is 0.882. The molecule has 0 atom stereocenters. The summed E-state index contributed by atoms with van der Waals surface area (Å²) in [7, 11) is 0. The zero-order chi connectivity index (χ0) is 11.4. The van der Waals surface area contributed by atoms with Gasteiger partial charge in [-0.1, -0.05) is 29.8 Å². The van der Waals surface area contributed by atoms with E-state index in [1.807, 2.05) is 18.2 Å². The van der Waals surface area contributed by atoms with Crippen molar-refractivity contribution in [1.29, 1.82) is 0 Å². The number of rotatable bonds is 3. The van der Waals surface area contributed by atoms with Crippen molar-refractivity contribution in [1.82, 2.24) is 9.97 Å². The Morgan fingerprint density at radius 1 is 1.25 bits per heavy atom. The first-order valence-electron chi connectivity index (χ1n) is 4.60. The number of aromatic nitrogens is 2. The molecule has 0 radical (unpaired) electrons. The molecule has 0 amide bonds. The summed E-state index contributed by atoms with van der Waals surface area (Å²) in [6.45, 7) is 0. The van der Waals surface area contributed by atoms with Crippen LogP contribution in [0.25, 0.3) is 0 Å². The highest BCUT2D eigenvalue weighted by Crippen LogP contribution is 2.22. The van der Waals surface area contributed by atoms with Gasteiger partial charge in [0.25, 0.3) is 0 Å². The van der Waals surface area contributed by atoms with Crippen LogP contribution in [0.15, 0.2) is 41.4 Å². The predicted molar refractivity (Wildman–Crippen MR) is 75.8 cm³/mol. The molecule has 1 aromatic heterocycles. The summed E-state index contributed by atoms with van der Waals surface area (Å²) in [5.74, 6) is 1.50. The number of thioether (sulfide) groups is 1. The number of halogens is 2. The third kappa shape index (κ3) is 3.33. The lowest BCUT2D eigenvalue weighted by Crippen LogP contribution is -1.94. The normalized spacial score (nSPS) is 10.4. The Hall–Kier alpha value is -0.330. The highest BCUT2D eigenvalue weighted by molar-refractivity contribution is 14.1. The van der Waals surface area contributed by atoms with Gasteiger partial charge in [0.05, 0.1) is 9.32 Å². The van der Waals surface area contributed by atoms with Crippen LogP contribution in [0, 0.1) is 3.57 Å². The Bertz CT molecular complexity index is 479. The van der Waals surface area contributed by atoms with E-state index in [0.29, 0.717) is 5.15 Å². The lowest BCUT2D eigenvalue weighted by atomic mass is 10.4. The smallest absolute Gasteiger partial charge is 0.146 e. The van der Waals surface area contributed by atoms with Crippen molar-refractivity contribution in [2.24, 2.45) is 0 Å². The zero-order valence-electron chi connectivity index (χ0n) is 8.23. The Morgan fingerprint density at radius 2 is 2.00 bits per heavy atom. The van der Waals surface area contributed by atoms with Crippen LogP contribution in [0.2, 0.25) is 5.15 Å². The lowest BCUT2D eigenvalue weighted by Gasteiger charge is -2.01. The van der Waals surface area contributed by atoms with E-state index in [4.69, 9.17) is 11.6 Å². The second kappa shape index (κ2) is 5.84. The molecule has 0 unspecified atom stereocenters. The summed E-state index contributed by atoms with van der Waals surface area (Å²) in [6.07, 6.45) is 1.75. The first-order chi connectivity index (χ1) is 7.75. The van der Waals surface area contributed by atoms with Gasteiger partial charge in [0.15, 0.2) is 0 Å². The first-order valence-corrected chi connectivity index (χ1v) is 7.05. The van der Waals surface area contributed by atoms with Crippen molar-refractivity contribution in [3.63, 3.8) is 0 Å². The number of hydrogen-bond acceptors (Lipinski definition) is 3. The third-order valence-corrected chi connectivity index (χ3v) is 4.27. The van der Waals surface area contributed by atoms with Gasteiger partial charge >= 0.3 is 0 Å². The van der Waals surface area contributed by atoms with Crippen molar-refractivity contribution < 1.29 is 0 Å². The Kier molecular flexibility index (Phi) is 4.43. The zero-order valence-corrected chi connectivity index (χ0v) is 12.0. The number of benzene rings is 1. The molecule has 0 saturated carbocycles. The van der Waals surface area contributed by atoms with Crippen LogP contribution in [0.3, 0.4) is 0 Å². The number of hydrogen-bond donors (Lipinski definition) is 0. The fourth-order valence-electron chi connectivity index (χ4n) is 1.11. The van der Waals surface area contributed by atoms with Gasteiger partial charge in [-0.25, -0.2) is 9.97 Å². The molecule has 0 aliphatic rings. The molecular formula is C11H8ClIN2S. The Labute approximate surface area is 117 Å². The number of nitrogens with zero attached hydrogens (tertiary/aromatic N) is 2. The average Bonchev–Trinajstić information content (AvgIpc) is 2.32. The molecule has 0 aliphatic heterocycles.